The summed E-state index contributed by atoms with van der Waals surface area (Å²) < 4.78 is 0. The third-order valence-corrected chi connectivity index (χ3v) is 4.48. The molecule has 2 heteroatoms. The molecule has 0 heterocycles. The fourth-order valence-corrected chi connectivity index (χ4v) is 3.65. The van der Waals surface area contributed by atoms with Crippen LogP contribution in [0.4, 0.5) is 0 Å². The molecule has 2 saturated carbocycles. The van der Waals surface area contributed by atoms with Crippen LogP contribution in [-0.4, -0.2) is 30.6 Å². The Morgan fingerprint density at radius 3 is 2.31 bits per heavy atom. The molecule has 0 bridgehead atoms. The standard InChI is InChI=1S/C14H28N2/c1-16(11-13-7-3-4-8-13)12-14(15)9-5-2-6-10-14/h13H,2-12,15H2,1H3. The second-order valence-corrected chi connectivity index (χ2v) is 6.27. The molecule has 0 radical (unpaired) electrons. The molecule has 0 aliphatic heterocycles. The third kappa shape index (κ3) is 3.46. The zero-order valence-electron chi connectivity index (χ0n) is 10.9. The van der Waals surface area contributed by atoms with Crippen molar-refractivity contribution < 1.29 is 0 Å². The first-order valence-corrected chi connectivity index (χ1v) is 7.15. The fraction of sp³-hybridized carbons (Fsp3) is 1.00. The Balaban J connectivity index is 1.74. The van der Waals surface area contributed by atoms with Crippen LogP contribution in [0, 0.1) is 5.92 Å². The highest BCUT2D eigenvalue weighted by Gasteiger charge is 2.29. The SMILES string of the molecule is CN(CC1CCCC1)CC1(N)CCCCC1. The minimum Gasteiger partial charge on any atom is -0.324 e. The van der Waals surface area contributed by atoms with Gasteiger partial charge in [-0.1, -0.05) is 32.1 Å². The Kier molecular flexibility index (Phi) is 4.26. The van der Waals surface area contributed by atoms with E-state index in [9.17, 15) is 0 Å². The zero-order chi connectivity index (χ0) is 11.4. The van der Waals surface area contributed by atoms with E-state index in [4.69, 9.17) is 5.73 Å². The molecule has 0 aromatic rings. The van der Waals surface area contributed by atoms with Gasteiger partial charge in [0.1, 0.15) is 0 Å². The first-order valence-electron chi connectivity index (χ1n) is 7.15. The average molecular weight is 224 g/mol. The summed E-state index contributed by atoms with van der Waals surface area (Å²) >= 11 is 0. The number of nitrogens with zero attached hydrogens (tertiary/aromatic N) is 1. The van der Waals surface area contributed by atoms with Crippen molar-refractivity contribution in [2.75, 3.05) is 20.1 Å². The van der Waals surface area contributed by atoms with Crippen molar-refractivity contribution in [1.82, 2.24) is 4.90 Å². The van der Waals surface area contributed by atoms with Crippen LogP contribution in [0.5, 0.6) is 0 Å². The summed E-state index contributed by atoms with van der Waals surface area (Å²) in [5.74, 6) is 0.956. The highest BCUT2D eigenvalue weighted by Crippen LogP contribution is 2.28. The zero-order valence-corrected chi connectivity index (χ0v) is 10.9. The molecule has 2 N–H and O–H groups in total. The summed E-state index contributed by atoms with van der Waals surface area (Å²) in [6.45, 7) is 2.39. The molecule has 2 aliphatic rings. The van der Waals surface area contributed by atoms with Crippen LogP contribution in [-0.2, 0) is 0 Å². The number of nitrogens with two attached hydrogens (primary N) is 1. The minimum absolute atomic E-state index is 0.131. The van der Waals surface area contributed by atoms with Crippen LogP contribution in [0.25, 0.3) is 0 Å². The van der Waals surface area contributed by atoms with E-state index in [1.165, 1.54) is 64.3 Å². The molecule has 0 spiro atoms. The molecular weight excluding hydrogens is 196 g/mol. The molecule has 2 nitrogen and oxygen atoms in total. The van der Waals surface area contributed by atoms with E-state index in [1.807, 2.05) is 0 Å². The van der Waals surface area contributed by atoms with E-state index < -0.39 is 0 Å². The lowest BCUT2D eigenvalue weighted by molar-refractivity contribution is 0.180. The van der Waals surface area contributed by atoms with Crippen LogP contribution in [0.1, 0.15) is 57.8 Å². The van der Waals surface area contributed by atoms with Crippen LogP contribution >= 0.6 is 0 Å². The quantitative estimate of drug-likeness (QED) is 0.795. The number of hydrogen-bond acceptors (Lipinski definition) is 2. The molecule has 0 aromatic heterocycles. The van der Waals surface area contributed by atoms with Gasteiger partial charge in [0.25, 0.3) is 0 Å². The van der Waals surface area contributed by atoms with Crippen molar-refractivity contribution >= 4 is 0 Å². The molecule has 0 atom stereocenters. The van der Waals surface area contributed by atoms with Gasteiger partial charge >= 0.3 is 0 Å². The van der Waals surface area contributed by atoms with Crippen molar-refractivity contribution in [3.63, 3.8) is 0 Å². The predicted molar refractivity (Wildman–Crippen MR) is 69.5 cm³/mol. The molecule has 0 unspecified atom stereocenters. The van der Waals surface area contributed by atoms with Gasteiger partial charge in [-0.05, 0) is 38.6 Å². The van der Waals surface area contributed by atoms with E-state index in [0.29, 0.717) is 0 Å². The van der Waals surface area contributed by atoms with Gasteiger partial charge in [0.05, 0.1) is 0 Å². The smallest absolute Gasteiger partial charge is 0.0283 e. The van der Waals surface area contributed by atoms with Crippen LogP contribution in [0.15, 0.2) is 0 Å². The van der Waals surface area contributed by atoms with E-state index in [-0.39, 0.29) is 5.54 Å². The average Bonchev–Trinajstić information content (AvgIpc) is 2.70. The lowest BCUT2D eigenvalue weighted by Gasteiger charge is -2.37. The Hall–Kier alpha value is -0.0800. The first-order chi connectivity index (χ1) is 7.68. The molecule has 2 aliphatic carbocycles. The highest BCUT2D eigenvalue weighted by molar-refractivity contribution is 4.90. The largest absolute Gasteiger partial charge is 0.324 e. The molecule has 0 saturated heterocycles. The van der Waals surface area contributed by atoms with Gasteiger partial charge in [-0.15, -0.1) is 0 Å². The molecule has 16 heavy (non-hydrogen) atoms. The molecular formula is C14H28N2. The van der Waals surface area contributed by atoms with E-state index in [1.54, 1.807) is 0 Å². The van der Waals surface area contributed by atoms with Crippen molar-refractivity contribution in [3.05, 3.63) is 0 Å². The predicted octanol–water partition coefficient (Wildman–Crippen LogP) is 2.77. The fourth-order valence-electron chi connectivity index (χ4n) is 3.65. The van der Waals surface area contributed by atoms with Crippen molar-refractivity contribution in [3.8, 4) is 0 Å². The van der Waals surface area contributed by atoms with Gasteiger partial charge in [0.2, 0.25) is 0 Å². The summed E-state index contributed by atoms with van der Waals surface area (Å²) in [5, 5.41) is 0. The maximum absolute atomic E-state index is 6.49. The molecule has 0 aromatic carbocycles. The summed E-state index contributed by atoms with van der Waals surface area (Å²) in [7, 11) is 2.27. The van der Waals surface area contributed by atoms with Gasteiger partial charge < -0.3 is 10.6 Å². The highest BCUT2D eigenvalue weighted by atomic mass is 15.1. The Labute approximate surface area is 101 Å². The second-order valence-electron chi connectivity index (χ2n) is 6.27. The van der Waals surface area contributed by atoms with Gasteiger partial charge in [-0.25, -0.2) is 0 Å². The van der Waals surface area contributed by atoms with Crippen LogP contribution < -0.4 is 5.73 Å². The molecule has 2 rings (SSSR count). The Bertz CT molecular complexity index is 203. The number of rotatable bonds is 4. The second kappa shape index (κ2) is 5.50. The van der Waals surface area contributed by atoms with Crippen molar-refractivity contribution in [2.24, 2.45) is 11.7 Å². The van der Waals surface area contributed by atoms with Gasteiger partial charge in [0.15, 0.2) is 0 Å². The van der Waals surface area contributed by atoms with Gasteiger partial charge in [-0.3, -0.25) is 0 Å². The first kappa shape index (κ1) is 12.4. The maximum atomic E-state index is 6.49. The number of likely N-dealkylation sites (N-methyl/N-ethyl adjacent to an activating group) is 1. The monoisotopic (exact) mass is 224 g/mol. The normalized spacial score (nSPS) is 26.4. The van der Waals surface area contributed by atoms with Crippen molar-refractivity contribution in [1.29, 1.82) is 0 Å². The minimum atomic E-state index is 0.131. The summed E-state index contributed by atoms with van der Waals surface area (Å²) in [6, 6.07) is 0. The summed E-state index contributed by atoms with van der Waals surface area (Å²) in [6.07, 6.45) is 12.3. The Morgan fingerprint density at radius 1 is 1.06 bits per heavy atom. The lowest BCUT2D eigenvalue weighted by atomic mass is 9.82. The molecule has 0 amide bonds. The lowest BCUT2D eigenvalue weighted by Crippen LogP contribution is -2.51. The molecule has 94 valence electrons. The number of hydrogen-bond donors (Lipinski definition) is 1. The summed E-state index contributed by atoms with van der Waals surface area (Å²) in [5.41, 5.74) is 6.62. The van der Waals surface area contributed by atoms with E-state index >= 15 is 0 Å². The molecule has 2 fully saturated rings. The van der Waals surface area contributed by atoms with Gasteiger partial charge in [0, 0.05) is 18.6 Å². The Morgan fingerprint density at radius 2 is 1.69 bits per heavy atom. The summed E-state index contributed by atoms with van der Waals surface area (Å²) in [4.78, 5) is 2.50. The van der Waals surface area contributed by atoms with E-state index in [0.717, 1.165) is 12.5 Å². The van der Waals surface area contributed by atoms with Gasteiger partial charge in [-0.2, -0.15) is 0 Å². The third-order valence-electron chi connectivity index (χ3n) is 4.48. The maximum Gasteiger partial charge on any atom is 0.0283 e. The van der Waals surface area contributed by atoms with E-state index in [2.05, 4.69) is 11.9 Å². The van der Waals surface area contributed by atoms with Crippen LogP contribution in [0.3, 0.4) is 0 Å². The topological polar surface area (TPSA) is 29.3 Å². The van der Waals surface area contributed by atoms with Crippen LogP contribution in [0.2, 0.25) is 0 Å². The van der Waals surface area contributed by atoms with Crippen molar-refractivity contribution in [2.45, 2.75) is 63.3 Å².